The maximum absolute atomic E-state index is 3.69. The monoisotopic (exact) mass is 175 g/mol. The van der Waals surface area contributed by atoms with E-state index >= 15 is 0 Å². The first-order chi connectivity index (χ1) is 4.31. The van der Waals surface area contributed by atoms with Crippen LogP contribution in [0.4, 0.5) is 0 Å². The molecule has 0 nitrogen and oxygen atoms in total. The zero-order valence-electron chi connectivity index (χ0n) is 6.40. The van der Waals surface area contributed by atoms with Crippen molar-refractivity contribution in [2.45, 2.75) is 37.1 Å². The van der Waals surface area contributed by atoms with Crippen LogP contribution in [0.5, 0.6) is 0 Å². The van der Waals surface area contributed by atoms with Crippen molar-refractivity contribution in [1.82, 2.24) is 0 Å². The number of unbranched alkanes of at least 4 members (excludes halogenated alkanes) is 1. The second-order valence-corrected chi connectivity index (χ2v) is 4.92. The van der Waals surface area contributed by atoms with E-state index in [0.29, 0.717) is 0 Å². The zero-order chi connectivity index (χ0) is 7.11. The van der Waals surface area contributed by atoms with E-state index in [2.05, 4.69) is 13.5 Å². The predicted molar refractivity (Wildman–Crippen MR) is 38.1 cm³/mol. The van der Waals surface area contributed by atoms with Gasteiger partial charge >= 0.3 is 68.1 Å². The van der Waals surface area contributed by atoms with Gasteiger partial charge in [0.1, 0.15) is 0 Å². The molecule has 0 saturated heterocycles. The Morgan fingerprint density at radius 1 is 1.67 bits per heavy atom. The van der Waals surface area contributed by atoms with Crippen LogP contribution >= 0.6 is 0 Å². The first-order valence-corrected chi connectivity index (χ1v) is 5.46. The van der Waals surface area contributed by atoms with Gasteiger partial charge in [-0.25, -0.2) is 0 Å². The van der Waals surface area contributed by atoms with Crippen LogP contribution in [0.1, 0.15) is 32.6 Å². The summed E-state index contributed by atoms with van der Waals surface area (Å²) in [6.45, 7) is 5.97. The molecule has 49 valence electrons. The Hall–Kier alpha value is 0.363. The molecule has 0 aliphatic heterocycles. The molecule has 0 aromatic heterocycles. The molecule has 0 aliphatic rings. The molecule has 0 amide bonds. The van der Waals surface area contributed by atoms with E-state index in [1.54, 1.807) is 0 Å². The first-order valence-electron chi connectivity index (χ1n) is 3.75. The van der Waals surface area contributed by atoms with E-state index in [-0.39, 0.29) is 0 Å². The normalized spacial score (nSPS) is 13.2. The fourth-order valence-corrected chi connectivity index (χ4v) is 1.36. The van der Waals surface area contributed by atoms with Crippen molar-refractivity contribution in [3.8, 4) is 0 Å². The fraction of sp³-hybridized carbons (Fsp3) is 0.750. The Morgan fingerprint density at radius 3 is 2.78 bits per heavy atom. The summed E-state index contributed by atoms with van der Waals surface area (Å²) in [5, 5.41) is 0. The van der Waals surface area contributed by atoms with Crippen molar-refractivity contribution < 1.29 is 18.3 Å². The summed E-state index contributed by atoms with van der Waals surface area (Å²) in [5.74, 6) is 0. The maximum atomic E-state index is 3.69. The minimum absolute atomic E-state index is 1.03. The van der Waals surface area contributed by atoms with Crippen LogP contribution in [-0.4, -0.2) is 0 Å². The molecule has 0 bridgehead atoms. The molecule has 0 aliphatic carbocycles. The Labute approximate surface area is 68.4 Å². The summed E-state index contributed by atoms with van der Waals surface area (Å²) in [6, 6.07) is 0. The van der Waals surface area contributed by atoms with Crippen LogP contribution in [-0.2, 0) is 18.3 Å². The number of hydrogen-bond acceptors (Lipinski definition) is 0. The van der Waals surface area contributed by atoms with Crippen LogP contribution in [0.3, 0.4) is 0 Å². The zero-order valence-corrected chi connectivity index (χ0v) is 9.36. The third kappa shape index (κ3) is 6.25. The van der Waals surface area contributed by atoms with Gasteiger partial charge in [0, 0.05) is 0 Å². The molecule has 0 aromatic carbocycles. The van der Waals surface area contributed by atoms with Gasteiger partial charge in [0.2, 0.25) is 0 Å². The summed E-state index contributed by atoms with van der Waals surface area (Å²) in [6.07, 6.45) is 7.36. The van der Waals surface area contributed by atoms with Crippen LogP contribution in [0.2, 0.25) is 4.51 Å². The number of allylic oxidation sites excluding steroid dienone is 1. The molecule has 1 unspecified atom stereocenters. The third-order valence-electron chi connectivity index (χ3n) is 1.60. The van der Waals surface area contributed by atoms with Gasteiger partial charge in [0.25, 0.3) is 0 Å². The molecule has 0 radical (unpaired) electrons. The van der Waals surface area contributed by atoms with Gasteiger partial charge in [-0.15, -0.1) is 0 Å². The Kier molecular flexibility index (Phi) is 6.74. The van der Waals surface area contributed by atoms with Crippen molar-refractivity contribution in [1.29, 1.82) is 0 Å². The van der Waals surface area contributed by atoms with E-state index in [1.807, 2.05) is 6.08 Å². The van der Waals surface area contributed by atoms with E-state index < -0.39 is 0 Å². The predicted octanol–water partition coefficient (Wildman–Crippen LogP) is 3.09. The number of hydrogen-bond donors (Lipinski definition) is 0. The van der Waals surface area contributed by atoms with Crippen molar-refractivity contribution >= 4 is 0 Å². The Morgan fingerprint density at radius 2 is 2.33 bits per heavy atom. The third-order valence-corrected chi connectivity index (χ3v) is 3.67. The molecule has 9 heavy (non-hydrogen) atoms. The van der Waals surface area contributed by atoms with Crippen LogP contribution < -0.4 is 0 Å². The molecule has 0 N–H and O–H groups in total. The average molecular weight is 177 g/mol. The van der Waals surface area contributed by atoms with E-state index in [0.717, 1.165) is 4.51 Å². The van der Waals surface area contributed by atoms with Gasteiger partial charge in [-0.05, 0) is 0 Å². The molecule has 0 spiro atoms. The second-order valence-electron chi connectivity index (χ2n) is 2.49. The van der Waals surface area contributed by atoms with Gasteiger partial charge in [-0.1, -0.05) is 0 Å². The van der Waals surface area contributed by atoms with Crippen molar-refractivity contribution in [3.05, 3.63) is 12.7 Å². The molecular formula is C8H15Zn. The fourth-order valence-electron chi connectivity index (χ4n) is 0.755. The summed E-state index contributed by atoms with van der Waals surface area (Å²) < 4.78 is 1.03. The Bertz CT molecular complexity index is 69.0. The van der Waals surface area contributed by atoms with Gasteiger partial charge in [0.05, 0.1) is 0 Å². The van der Waals surface area contributed by atoms with Gasteiger partial charge in [-0.3, -0.25) is 0 Å². The van der Waals surface area contributed by atoms with Gasteiger partial charge < -0.3 is 0 Å². The summed E-state index contributed by atoms with van der Waals surface area (Å²) >= 11 is 1.47. The van der Waals surface area contributed by atoms with Gasteiger partial charge in [-0.2, -0.15) is 0 Å². The first kappa shape index (κ1) is 9.36. The summed E-state index contributed by atoms with van der Waals surface area (Å²) in [7, 11) is 0. The molecule has 0 saturated carbocycles. The topological polar surface area (TPSA) is 0 Å². The van der Waals surface area contributed by atoms with Crippen molar-refractivity contribution in [2.24, 2.45) is 0 Å². The second kappa shape index (κ2) is 6.48. The van der Waals surface area contributed by atoms with E-state index in [1.165, 1.54) is 44.0 Å². The standard InChI is InChI=1S/C8H15.Zn/c1-3-5-7-8-6-4-2;/h3,6H,1,4-5,7-8H2,2H3;. The van der Waals surface area contributed by atoms with E-state index in [9.17, 15) is 0 Å². The summed E-state index contributed by atoms with van der Waals surface area (Å²) in [5.41, 5.74) is 0. The molecule has 0 fully saturated rings. The van der Waals surface area contributed by atoms with Crippen LogP contribution in [0, 0.1) is 0 Å². The average Bonchev–Trinajstić information content (AvgIpc) is 1.89. The van der Waals surface area contributed by atoms with Crippen molar-refractivity contribution in [2.75, 3.05) is 0 Å². The molecule has 0 heterocycles. The minimum atomic E-state index is 1.03. The van der Waals surface area contributed by atoms with Crippen LogP contribution in [0.25, 0.3) is 0 Å². The molecule has 0 aromatic rings. The summed E-state index contributed by atoms with van der Waals surface area (Å²) in [4.78, 5) is 0. The quantitative estimate of drug-likeness (QED) is 0.343. The Balaban J connectivity index is 2.96. The molecular weight excluding hydrogens is 161 g/mol. The van der Waals surface area contributed by atoms with Crippen molar-refractivity contribution in [3.63, 3.8) is 0 Å². The van der Waals surface area contributed by atoms with Gasteiger partial charge in [0.15, 0.2) is 0 Å². The molecule has 0 rings (SSSR count). The molecule has 1 atom stereocenters. The number of rotatable bonds is 5. The van der Waals surface area contributed by atoms with E-state index in [4.69, 9.17) is 0 Å². The van der Waals surface area contributed by atoms with Crippen LogP contribution in [0.15, 0.2) is 12.7 Å². The SMILES string of the molecule is C=CCCC[CH]([Zn])CC. The molecule has 1 heteroatoms.